The summed E-state index contributed by atoms with van der Waals surface area (Å²) in [6.07, 6.45) is 1.45. The van der Waals surface area contributed by atoms with Crippen molar-refractivity contribution in [1.82, 2.24) is 20.2 Å². The topological polar surface area (TPSA) is 72.7 Å². The molecule has 0 spiro atoms. The SMILES string of the molecule is O=C(Nc1cccc2ccccc12)c1cc(-n2cnnn2)ccc1Cl. The fourth-order valence-electron chi connectivity index (χ4n) is 2.63. The molecule has 1 heterocycles. The van der Waals surface area contributed by atoms with Gasteiger partial charge in [0.25, 0.3) is 5.91 Å². The van der Waals surface area contributed by atoms with Crippen molar-refractivity contribution in [2.24, 2.45) is 0 Å². The summed E-state index contributed by atoms with van der Waals surface area (Å²) in [6.45, 7) is 0. The van der Waals surface area contributed by atoms with Crippen molar-refractivity contribution < 1.29 is 4.79 Å². The van der Waals surface area contributed by atoms with Crippen LogP contribution in [0.3, 0.4) is 0 Å². The Bertz CT molecular complexity index is 1060. The molecule has 0 aliphatic rings. The van der Waals surface area contributed by atoms with E-state index in [1.54, 1.807) is 18.2 Å². The number of carbonyl (C=O) groups is 1. The maximum absolute atomic E-state index is 12.7. The highest BCUT2D eigenvalue weighted by Gasteiger charge is 2.14. The fourth-order valence-corrected chi connectivity index (χ4v) is 2.84. The first-order valence-electron chi connectivity index (χ1n) is 7.54. The first-order valence-corrected chi connectivity index (χ1v) is 7.92. The zero-order valence-corrected chi connectivity index (χ0v) is 13.7. The lowest BCUT2D eigenvalue weighted by atomic mass is 10.1. The van der Waals surface area contributed by atoms with Crippen LogP contribution in [0.15, 0.2) is 67.0 Å². The summed E-state index contributed by atoms with van der Waals surface area (Å²) in [7, 11) is 0. The minimum Gasteiger partial charge on any atom is -0.321 e. The number of anilines is 1. The third-order valence-electron chi connectivity index (χ3n) is 3.85. The number of hydrogen-bond acceptors (Lipinski definition) is 4. The van der Waals surface area contributed by atoms with Crippen molar-refractivity contribution in [1.29, 1.82) is 0 Å². The lowest BCUT2D eigenvalue weighted by Crippen LogP contribution is -2.13. The molecule has 0 saturated carbocycles. The van der Waals surface area contributed by atoms with Crippen molar-refractivity contribution in [2.45, 2.75) is 0 Å². The van der Waals surface area contributed by atoms with Gasteiger partial charge in [0.1, 0.15) is 6.33 Å². The van der Waals surface area contributed by atoms with Crippen LogP contribution in [0.25, 0.3) is 16.5 Å². The highest BCUT2D eigenvalue weighted by atomic mass is 35.5. The number of nitrogens with one attached hydrogen (secondary N) is 1. The van der Waals surface area contributed by atoms with E-state index in [1.165, 1.54) is 11.0 Å². The molecule has 0 fully saturated rings. The van der Waals surface area contributed by atoms with Gasteiger partial charge in [-0.1, -0.05) is 48.0 Å². The first kappa shape index (κ1) is 15.3. The molecule has 0 radical (unpaired) electrons. The summed E-state index contributed by atoms with van der Waals surface area (Å²) >= 11 is 6.22. The average molecular weight is 350 g/mol. The molecule has 3 aromatic carbocycles. The molecule has 7 heteroatoms. The van der Waals surface area contributed by atoms with Gasteiger partial charge in [0.05, 0.1) is 16.3 Å². The maximum Gasteiger partial charge on any atom is 0.257 e. The third kappa shape index (κ3) is 2.95. The van der Waals surface area contributed by atoms with Gasteiger partial charge >= 0.3 is 0 Å². The Kier molecular flexibility index (Phi) is 3.87. The fraction of sp³-hybridized carbons (Fsp3) is 0. The van der Waals surface area contributed by atoms with Crippen LogP contribution in [-0.4, -0.2) is 26.1 Å². The van der Waals surface area contributed by atoms with Gasteiger partial charge in [-0.2, -0.15) is 0 Å². The van der Waals surface area contributed by atoms with Gasteiger partial charge in [-0.25, -0.2) is 4.68 Å². The number of nitrogens with zero attached hydrogens (tertiary/aromatic N) is 4. The Morgan fingerprint density at radius 3 is 2.72 bits per heavy atom. The molecule has 122 valence electrons. The van der Waals surface area contributed by atoms with E-state index >= 15 is 0 Å². The van der Waals surface area contributed by atoms with Crippen LogP contribution in [0.4, 0.5) is 5.69 Å². The van der Waals surface area contributed by atoms with Crippen LogP contribution < -0.4 is 5.32 Å². The minimum atomic E-state index is -0.295. The van der Waals surface area contributed by atoms with Crippen molar-refractivity contribution in [2.75, 3.05) is 5.32 Å². The van der Waals surface area contributed by atoms with E-state index in [2.05, 4.69) is 20.8 Å². The number of tetrazole rings is 1. The van der Waals surface area contributed by atoms with Crippen molar-refractivity contribution >= 4 is 34.0 Å². The van der Waals surface area contributed by atoms with E-state index < -0.39 is 0 Å². The van der Waals surface area contributed by atoms with E-state index in [1.807, 2.05) is 42.5 Å². The quantitative estimate of drug-likeness (QED) is 0.611. The number of rotatable bonds is 3. The van der Waals surface area contributed by atoms with Crippen molar-refractivity contribution in [3.8, 4) is 5.69 Å². The number of aromatic nitrogens is 4. The van der Waals surface area contributed by atoms with Gasteiger partial charge in [0.15, 0.2) is 0 Å². The number of benzene rings is 3. The van der Waals surface area contributed by atoms with Gasteiger partial charge in [-0.05, 0) is 40.1 Å². The van der Waals surface area contributed by atoms with Crippen LogP contribution >= 0.6 is 11.6 Å². The number of amides is 1. The van der Waals surface area contributed by atoms with E-state index in [4.69, 9.17) is 11.6 Å². The maximum atomic E-state index is 12.7. The van der Waals surface area contributed by atoms with E-state index in [0.717, 1.165) is 16.5 Å². The van der Waals surface area contributed by atoms with E-state index in [-0.39, 0.29) is 5.91 Å². The average Bonchev–Trinajstić information content (AvgIpc) is 3.17. The molecule has 0 bridgehead atoms. The molecular weight excluding hydrogens is 338 g/mol. The van der Waals surface area contributed by atoms with Crippen LogP contribution in [0.2, 0.25) is 5.02 Å². The Hall–Kier alpha value is -3.25. The summed E-state index contributed by atoms with van der Waals surface area (Å²) in [5.41, 5.74) is 1.73. The Labute approximate surface area is 148 Å². The molecule has 1 N–H and O–H groups in total. The van der Waals surface area contributed by atoms with E-state index in [0.29, 0.717) is 16.3 Å². The molecule has 0 aliphatic heterocycles. The molecule has 1 amide bonds. The smallest absolute Gasteiger partial charge is 0.257 e. The lowest BCUT2D eigenvalue weighted by Gasteiger charge is -2.11. The van der Waals surface area contributed by atoms with Crippen LogP contribution in [0.1, 0.15) is 10.4 Å². The summed E-state index contributed by atoms with van der Waals surface area (Å²) in [5.74, 6) is -0.295. The summed E-state index contributed by atoms with van der Waals surface area (Å²) < 4.78 is 1.46. The highest BCUT2D eigenvalue weighted by Crippen LogP contribution is 2.25. The second-order valence-electron chi connectivity index (χ2n) is 5.40. The van der Waals surface area contributed by atoms with Gasteiger partial charge in [0.2, 0.25) is 0 Å². The molecule has 6 nitrogen and oxygen atoms in total. The lowest BCUT2D eigenvalue weighted by molar-refractivity contribution is 0.102. The molecule has 0 unspecified atom stereocenters. The zero-order valence-electron chi connectivity index (χ0n) is 12.9. The summed E-state index contributed by atoms with van der Waals surface area (Å²) in [5, 5.41) is 16.3. The van der Waals surface area contributed by atoms with Crippen molar-refractivity contribution in [3.05, 3.63) is 77.6 Å². The van der Waals surface area contributed by atoms with Crippen LogP contribution in [0, 0.1) is 0 Å². The van der Waals surface area contributed by atoms with E-state index in [9.17, 15) is 4.79 Å². The summed E-state index contributed by atoms with van der Waals surface area (Å²) in [4.78, 5) is 12.7. The molecule has 0 atom stereocenters. The van der Waals surface area contributed by atoms with Crippen LogP contribution in [-0.2, 0) is 0 Å². The number of carbonyl (C=O) groups excluding carboxylic acids is 1. The Balaban J connectivity index is 1.70. The van der Waals surface area contributed by atoms with Gasteiger partial charge in [-0.15, -0.1) is 5.10 Å². The van der Waals surface area contributed by atoms with Gasteiger partial charge in [0, 0.05) is 11.1 Å². The standard InChI is InChI=1S/C18H12ClN5O/c19-16-9-8-13(24-11-20-22-23-24)10-15(16)18(25)21-17-7-3-5-12-4-1-2-6-14(12)17/h1-11H,(H,21,25). The molecule has 0 aliphatic carbocycles. The van der Waals surface area contributed by atoms with Crippen molar-refractivity contribution in [3.63, 3.8) is 0 Å². The monoisotopic (exact) mass is 349 g/mol. The molecule has 4 aromatic rings. The second-order valence-corrected chi connectivity index (χ2v) is 5.81. The molecule has 0 saturated heterocycles. The van der Waals surface area contributed by atoms with Gasteiger partial charge < -0.3 is 5.32 Å². The number of hydrogen-bond donors (Lipinski definition) is 1. The highest BCUT2D eigenvalue weighted by molar-refractivity contribution is 6.34. The molecule has 1 aromatic heterocycles. The Morgan fingerprint density at radius 2 is 1.88 bits per heavy atom. The predicted octanol–water partition coefficient (Wildman–Crippen LogP) is 3.72. The Morgan fingerprint density at radius 1 is 1.04 bits per heavy atom. The number of halogens is 1. The normalized spacial score (nSPS) is 10.8. The third-order valence-corrected chi connectivity index (χ3v) is 4.18. The number of fused-ring (bicyclic) bond motifs is 1. The molecule has 4 rings (SSSR count). The molecule has 25 heavy (non-hydrogen) atoms. The second kappa shape index (κ2) is 6.33. The van der Waals surface area contributed by atoms with Crippen LogP contribution in [0.5, 0.6) is 0 Å². The zero-order chi connectivity index (χ0) is 17.2. The predicted molar refractivity (Wildman–Crippen MR) is 96.1 cm³/mol. The largest absolute Gasteiger partial charge is 0.321 e. The first-order chi connectivity index (χ1) is 12.2. The molecular formula is C18H12ClN5O. The summed E-state index contributed by atoms with van der Waals surface area (Å²) in [6, 6.07) is 18.7. The van der Waals surface area contributed by atoms with Gasteiger partial charge in [-0.3, -0.25) is 4.79 Å². The minimum absolute atomic E-state index is 0.295.